The predicted octanol–water partition coefficient (Wildman–Crippen LogP) is 3.86. The van der Waals surface area contributed by atoms with Crippen LogP contribution in [0.5, 0.6) is 0 Å². The van der Waals surface area contributed by atoms with Gasteiger partial charge in [0.05, 0.1) is 11.1 Å². The molecule has 1 aliphatic carbocycles. The number of fused-ring (bicyclic) bond motifs is 2. The van der Waals surface area contributed by atoms with Gasteiger partial charge in [0.25, 0.3) is 11.8 Å². The fourth-order valence-electron chi connectivity index (χ4n) is 4.76. The highest BCUT2D eigenvalue weighted by Crippen LogP contribution is 2.46. The van der Waals surface area contributed by atoms with Gasteiger partial charge in [-0.25, -0.2) is 0 Å². The van der Waals surface area contributed by atoms with E-state index < -0.39 is 0 Å². The van der Waals surface area contributed by atoms with E-state index in [9.17, 15) is 9.59 Å². The molecule has 0 saturated heterocycles. The lowest BCUT2D eigenvalue weighted by Gasteiger charge is -2.34. The third-order valence-corrected chi connectivity index (χ3v) is 6.32. The van der Waals surface area contributed by atoms with E-state index >= 15 is 0 Å². The van der Waals surface area contributed by atoms with Crippen molar-refractivity contribution >= 4 is 17.5 Å². The second-order valence-corrected chi connectivity index (χ2v) is 8.70. The van der Waals surface area contributed by atoms with E-state index in [1.807, 2.05) is 12.1 Å². The Hall–Kier alpha value is -2.62. The van der Waals surface area contributed by atoms with Crippen LogP contribution in [-0.2, 0) is 5.41 Å². The Labute approximate surface area is 159 Å². The summed E-state index contributed by atoms with van der Waals surface area (Å²) in [6, 6.07) is 15.9. The Kier molecular flexibility index (Phi) is 3.48. The van der Waals surface area contributed by atoms with Crippen molar-refractivity contribution in [3.05, 3.63) is 65.2 Å². The highest BCUT2D eigenvalue weighted by Gasteiger charge is 2.46. The summed E-state index contributed by atoms with van der Waals surface area (Å²) in [6.45, 7) is 5.95. The SMILES string of the molecule is CC1(C)CN(C(CN2C(=O)c3ccccc3C2=O)C2CC2)c2ccccc21. The van der Waals surface area contributed by atoms with Gasteiger partial charge < -0.3 is 4.90 Å². The van der Waals surface area contributed by atoms with E-state index in [1.54, 1.807) is 12.1 Å². The Morgan fingerprint density at radius 2 is 1.56 bits per heavy atom. The molecule has 4 heteroatoms. The van der Waals surface area contributed by atoms with E-state index in [0.29, 0.717) is 23.6 Å². The van der Waals surface area contributed by atoms with Crippen LogP contribution in [0.4, 0.5) is 5.69 Å². The lowest BCUT2D eigenvalue weighted by Crippen LogP contribution is -2.48. The molecule has 4 nitrogen and oxygen atoms in total. The Balaban J connectivity index is 1.48. The van der Waals surface area contributed by atoms with Crippen molar-refractivity contribution in [2.24, 2.45) is 5.92 Å². The Morgan fingerprint density at radius 1 is 0.963 bits per heavy atom. The van der Waals surface area contributed by atoms with Crippen molar-refractivity contribution in [1.29, 1.82) is 0 Å². The number of benzene rings is 2. The summed E-state index contributed by atoms with van der Waals surface area (Å²) in [7, 11) is 0. The molecular weight excluding hydrogens is 336 g/mol. The summed E-state index contributed by atoms with van der Waals surface area (Å²) >= 11 is 0. The van der Waals surface area contributed by atoms with Crippen LogP contribution in [0.1, 0.15) is 53.0 Å². The van der Waals surface area contributed by atoms with E-state index in [4.69, 9.17) is 0 Å². The van der Waals surface area contributed by atoms with Gasteiger partial charge in [-0.05, 0) is 42.5 Å². The monoisotopic (exact) mass is 360 g/mol. The molecule has 0 N–H and O–H groups in total. The molecule has 3 aliphatic rings. The predicted molar refractivity (Wildman–Crippen MR) is 105 cm³/mol. The third-order valence-electron chi connectivity index (χ3n) is 6.32. The van der Waals surface area contributed by atoms with Gasteiger partial charge in [0.2, 0.25) is 0 Å². The quantitative estimate of drug-likeness (QED) is 0.778. The molecule has 0 bridgehead atoms. The average Bonchev–Trinajstić information content (AvgIpc) is 3.43. The van der Waals surface area contributed by atoms with Gasteiger partial charge in [0.1, 0.15) is 0 Å². The van der Waals surface area contributed by atoms with Crippen LogP contribution in [0.3, 0.4) is 0 Å². The van der Waals surface area contributed by atoms with Crippen molar-refractivity contribution in [1.82, 2.24) is 4.90 Å². The van der Waals surface area contributed by atoms with Crippen molar-refractivity contribution in [3.63, 3.8) is 0 Å². The first kappa shape index (κ1) is 16.5. The lowest BCUT2D eigenvalue weighted by atomic mass is 9.87. The molecule has 0 aromatic heterocycles. The molecule has 1 unspecified atom stereocenters. The molecule has 1 fully saturated rings. The largest absolute Gasteiger partial charge is 0.365 e. The first-order valence-corrected chi connectivity index (χ1v) is 9.79. The van der Waals surface area contributed by atoms with Crippen LogP contribution in [-0.4, -0.2) is 35.8 Å². The van der Waals surface area contributed by atoms with Gasteiger partial charge in [-0.15, -0.1) is 0 Å². The second-order valence-electron chi connectivity index (χ2n) is 8.70. The van der Waals surface area contributed by atoms with Crippen LogP contribution in [0, 0.1) is 5.92 Å². The zero-order valence-corrected chi connectivity index (χ0v) is 15.8. The van der Waals surface area contributed by atoms with E-state index in [0.717, 1.165) is 6.54 Å². The standard InChI is InChI=1S/C23H24N2O2/c1-23(2)14-25(19-10-6-5-9-18(19)23)20(15-11-12-15)13-24-21(26)16-7-3-4-8-17(16)22(24)27/h3-10,15,20H,11-14H2,1-2H3. The number of hydrogen-bond acceptors (Lipinski definition) is 3. The molecule has 2 aromatic carbocycles. The molecule has 1 atom stereocenters. The smallest absolute Gasteiger partial charge is 0.261 e. The molecule has 2 amide bonds. The van der Waals surface area contributed by atoms with E-state index in [1.165, 1.54) is 29.0 Å². The second kappa shape index (κ2) is 5.69. The molecule has 2 aliphatic heterocycles. The highest BCUT2D eigenvalue weighted by molar-refractivity contribution is 6.21. The van der Waals surface area contributed by atoms with Gasteiger partial charge >= 0.3 is 0 Å². The molecule has 0 spiro atoms. The third kappa shape index (κ3) is 2.50. The van der Waals surface area contributed by atoms with E-state index in [2.05, 4.69) is 43.0 Å². The maximum atomic E-state index is 12.9. The summed E-state index contributed by atoms with van der Waals surface area (Å²) in [5.74, 6) is 0.261. The zero-order chi connectivity index (χ0) is 18.8. The number of anilines is 1. The van der Waals surface area contributed by atoms with Crippen LogP contribution in [0.2, 0.25) is 0 Å². The summed E-state index contributed by atoms with van der Waals surface area (Å²) in [5.41, 5.74) is 3.78. The van der Waals surface area contributed by atoms with Crippen LogP contribution in [0.15, 0.2) is 48.5 Å². The molecule has 2 aromatic rings. The molecule has 0 radical (unpaired) electrons. The van der Waals surface area contributed by atoms with Crippen molar-refractivity contribution in [3.8, 4) is 0 Å². The molecule has 5 rings (SSSR count). The fourth-order valence-corrected chi connectivity index (χ4v) is 4.76. The van der Waals surface area contributed by atoms with Gasteiger partial charge in [0.15, 0.2) is 0 Å². The average molecular weight is 360 g/mol. The summed E-state index contributed by atoms with van der Waals surface area (Å²) in [4.78, 5) is 29.6. The minimum Gasteiger partial charge on any atom is -0.365 e. The summed E-state index contributed by atoms with van der Waals surface area (Å²) in [5, 5.41) is 0. The topological polar surface area (TPSA) is 40.6 Å². The molecule has 138 valence electrons. The minimum atomic E-state index is -0.145. The first-order valence-electron chi connectivity index (χ1n) is 9.79. The Bertz CT molecular complexity index is 910. The molecule has 2 heterocycles. The number of nitrogens with zero attached hydrogens (tertiary/aromatic N) is 2. The van der Waals surface area contributed by atoms with Gasteiger partial charge in [0, 0.05) is 30.2 Å². The highest BCUT2D eigenvalue weighted by atomic mass is 16.2. The molecule has 1 saturated carbocycles. The maximum Gasteiger partial charge on any atom is 0.261 e. The summed E-state index contributed by atoms with van der Waals surface area (Å²) in [6.07, 6.45) is 2.35. The van der Waals surface area contributed by atoms with Crippen molar-refractivity contribution in [2.75, 3.05) is 18.0 Å². The first-order chi connectivity index (χ1) is 13.0. The van der Waals surface area contributed by atoms with Crippen molar-refractivity contribution in [2.45, 2.75) is 38.1 Å². The lowest BCUT2D eigenvalue weighted by molar-refractivity contribution is 0.0640. The number of carbonyl (C=O) groups excluding carboxylic acids is 2. The normalized spacial score (nSPS) is 21.4. The number of carbonyl (C=O) groups is 2. The minimum absolute atomic E-state index is 0.0751. The van der Waals surface area contributed by atoms with Crippen LogP contribution < -0.4 is 4.90 Å². The number of para-hydroxylation sites is 1. The van der Waals surface area contributed by atoms with Gasteiger partial charge in [-0.2, -0.15) is 0 Å². The van der Waals surface area contributed by atoms with Gasteiger partial charge in [-0.1, -0.05) is 44.2 Å². The number of rotatable bonds is 4. The Morgan fingerprint density at radius 3 is 2.19 bits per heavy atom. The number of imide groups is 1. The van der Waals surface area contributed by atoms with Gasteiger partial charge in [-0.3, -0.25) is 14.5 Å². The fraction of sp³-hybridized carbons (Fsp3) is 0.391. The molecular formula is C23H24N2O2. The molecule has 27 heavy (non-hydrogen) atoms. The maximum absolute atomic E-state index is 12.9. The summed E-state index contributed by atoms with van der Waals surface area (Å²) < 4.78 is 0. The van der Waals surface area contributed by atoms with E-state index in [-0.39, 0.29) is 23.3 Å². The number of hydrogen-bond donors (Lipinski definition) is 0. The zero-order valence-electron chi connectivity index (χ0n) is 15.8. The van der Waals surface area contributed by atoms with Crippen LogP contribution in [0.25, 0.3) is 0 Å². The van der Waals surface area contributed by atoms with Crippen molar-refractivity contribution < 1.29 is 9.59 Å². The number of amides is 2. The van der Waals surface area contributed by atoms with Crippen LogP contribution >= 0.6 is 0 Å².